The van der Waals surface area contributed by atoms with Gasteiger partial charge in [0.05, 0.1) is 11.6 Å². The maximum Gasteiger partial charge on any atom is 0.251 e. The van der Waals surface area contributed by atoms with Gasteiger partial charge in [-0.1, -0.05) is 24.3 Å². The van der Waals surface area contributed by atoms with Crippen molar-refractivity contribution >= 4 is 27.8 Å². The molecule has 0 saturated carbocycles. The SMILES string of the molecule is C[C@@H](NC(=O)c1ccc2ncccc2c1)c1cc2ccccc2o1. The summed E-state index contributed by atoms with van der Waals surface area (Å²) in [6.07, 6.45) is 1.74. The summed E-state index contributed by atoms with van der Waals surface area (Å²) in [5, 5.41) is 4.96. The van der Waals surface area contributed by atoms with Crippen LogP contribution in [0, 0.1) is 0 Å². The second kappa shape index (κ2) is 5.81. The Morgan fingerprint density at radius 1 is 1.04 bits per heavy atom. The molecule has 4 heteroatoms. The molecule has 4 rings (SSSR count). The Morgan fingerprint density at radius 3 is 2.75 bits per heavy atom. The smallest absolute Gasteiger partial charge is 0.251 e. The quantitative estimate of drug-likeness (QED) is 0.606. The van der Waals surface area contributed by atoms with Gasteiger partial charge in [-0.05, 0) is 43.3 Å². The summed E-state index contributed by atoms with van der Waals surface area (Å²) in [5.74, 6) is 0.612. The van der Waals surface area contributed by atoms with Gasteiger partial charge in [0.15, 0.2) is 0 Å². The summed E-state index contributed by atoms with van der Waals surface area (Å²) >= 11 is 0. The monoisotopic (exact) mass is 316 g/mol. The second-order valence-electron chi connectivity index (χ2n) is 5.79. The highest BCUT2D eigenvalue weighted by Gasteiger charge is 2.15. The first-order valence-corrected chi connectivity index (χ1v) is 7.85. The van der Waals surface area contributed by atoms with E-state index in [1.807, 2.05) is 61.5 Å². The fraction of sp³-hybridized carbons (Fsp3) is 0.100. The lowest BCUT2D eigenvalue weighted by Crippen LogP contribution is -2.26. The van der Waals surface area contributed by atoms with E-state index in [-0.39, 0.29) is 11.9 Å². The number of aromatic nitrogens is 1. The van der Waals surface area contributed by atoms with Gasteiger partial charge in [-0.3, -0.25) is 9.78 Å². The highest BCUT2D eigenvalue weighted by atomic mass is 16.3. The number of benzene rings is 2. The molecule has 0 fully saturated rings. The largest absolute Gasteiger partial charge is 0.459 e. The number of rotatable bonds is 3. The predicted molar refractivity (Wildman–Crippen MR) is 93.8 cm³/mol. The highest BCUT2D eigenvalue weighted by Crippen LogP contribution is 2.24. The Balaban J connectivity index is 1.57. The molecule has 2 aromatic carbocycles. The zero-order valence-electron chi connectivity index (χ0n) is 13.2. The number of carbonyl (C=O) groups is 1. The summed E-state index contributed by atoms with van der Waals surface area (Å²) in [5.41, 5.74) is 2.31. The first-order chi connectivity index (χ1) is 11.7. The fourth-order valence-corrected chi connectivity index (χ4v) is 2.78. The Hall–Kier alpha value is -3.14. The van der Waals surface area contributed by atoms with E-state index in [4.69, 9.17) is 4.42 Å². The van der Waals surface area contributed by atoms with Crippen molar-refractivity contribution in [2.45, 2.75) is 13.0 Å². The molecule has 2 aromatic heterocycles. The Labute approximate surface area is 139 Å². The fourth-order valence-electron chi connectivity index (χ4n) is 2.78. The number of hydrogen-bond donors (Lipinski definition) is 1. The van der Waals surface area contributed by atoms with Crippen LogP contribution in [0.5, 0.6) is 0 Å². The third-order valence-electron chi connectivity index (χ3n) is 4.08. The summed E-state index contributed by atoms with van der Waals surface area (Å²) in [6, 6.07) is 18.9. The van der Waals surface area contributed by atoms with Crippen LogP contribution < -0.4 is 5.32 Å². The molecule has 0 aliphatic carbocycles. The molecular formula is C20H16N2O2. The number of carbonyl (C=O) groups excluding carboxylic acids is 1. The van der Waals surface area contributed by atoms with Crippen molar-refractivity contribution in [3.8, 4) is 0 Å². The van der Waals surface area contributed by atoms with Crippen LogP contribution in [0.4, 0.5) is 0 Å². The first kappa shape index (κ1) is 14.5. The Kier molecular flexibility index (Phi) is 3.50. The normalized spacial score (nSPS) is 12.4. The molecule has 2 heterocycles. The number of amides is 1. The molecule has 118 valence electrons. The molecule has 4 aromatic rings. The molecule has 0 radical (unpaired) electrons. The molecule has 4 nitrogen and oxygen atoms in total. The summed E-state index contributed by atoms with van der Waals surface area (Å²) < 4.78 is 5.81. The van der Waals surface area contributed by atoms with Gasteiger partial charge in [0, 0.05) is 22.5 Å². The van der Waals surface area contributed by atoms with Crippen molar-refractivity contribution < 1.29 is 9.21 Å². The number of hydrogen-bond acceptors (Lipinski definition) is 3. The van der Waals surface area contributed by atoms with Crippen LogP contribution in [-0.4, -0.2) is 10.9 Å². The highest BCUT2D eigenvalue weighted by molar-refractivity contribution is 5.98. The van der Waals surface area contributed by atoms with Crippen LogP contribution in [0.3, 0.4) is 0 Å². The zero-order chi connectivity index (χ0) is 16.5. The van der Waals surface area contributed by atoms with E-state index in [2.05, 4.69) is 10.3 Å². The minimum Gasteiger partial charge on any atom is -0.459 e. The number of pyridine rings is 1. The Bertz CT molecular complexity index is 1000. The van der Waals surface area contributed by atoms with Crippen molar-refractivity contribution in [1.82, 2.24) is 10.3 Å². The molecule has 0 aliphatic rings. The van der Waals surface area contributed by atoms with Gasteiger partial charge in [-0.15, -0.1) is 0 Å². The number of fused-ring (bicyclic) bond motifs is 2. The van der Waals surface area contributed by atoms with Crippen molar-refractivity contribution in [3.05, 3.63) is 78.2 Å². The number of nitrogens with one attached hydrogen (secondary N) is 1. The van der Waals surface area contributed by atoms with Gasteiger partial charge in [-0.2, -0.15) is 0 Å². The van der Waals surface area contributed by atoms with Crippen molar-refractivity contribution in [1.29, 1.82) is 0 Å². The van der Waals surface area contributed by atoms with Crippen molar-refractivity contribution in [2.24, 2.45) is 0 Å². The molecule has 0 saturated heterocycles. The van der Waals surface area contributed by atoms with Crippen LogP contribution in [0.1, 0.15) is 29.1 Å². The number of nitrogens with zero attached hydrogens (tertiary/aromatic N) is 1. The van der Waals surface area contributed by atoms with E-state index in [9.17, 15) is 4.79 Å². The molecule has 1 amide bonds. The molecule has 0 aliphatic heterocycles. The molecule has 1 atom stereocenters. The van der Waals surface area contributed by atoms with Gasteiger partial charge >= 0.3 is 0 Å². The van der Waals surface area contributed by atoms with E-state index >= 15 is 0 Å². The van der Waals surface area contributed by atoms with Crippen molar-refractivity contribution in [2.75, 3.05) is 0 Å². The molecule has 24 heavy (non-hydrogen) atoms. The van der Waals surface area contributed by atoms with E-state index in [1.54, 1.807) is 12.3 Å². The van der Waals surface area contributed by atoms with Gasteiger partial charge in [-0.25, -0.2) is 0 Å². The Morgan fingerprint density at radius 2 is 1.88 bits per heavy atom. The molecule has 1 N–H and O–H groups in total. The van der Waals surface area contributed by atoms with Crippen LogP contribution in [0.25, 0.3) is 21.9 Å². The lowest BCUT2D eigenvalue weighted by atomic mass is 10.1. The lowest BCUT2D eigenvalue weighted by Gasteiger charge is -2.11. The summed E-state index contributed by atoms with van der Waals surface area (Å²) in [7, 11) is 0. The summed E-state index contributed by atoms with van der Waals surface area (Å²) in [4.78, 5) is 16.8. The lowest BCUT2D eigenvalue weighted by molar-refractivity contribution is 0.0936. The predicted octanol–water partition coefficient (Wildman–Crippen LogP) is 4.47. The van der Waals surface area contributed by atoms with Crippen molar-refractivity contribution in [3.63, 3.8) is 0 Å². The zero-order valence-corrected chi connectivity index (χ0v) is 13.2. The maximum absolute atomic E-state index is 12.5. The van der Waals surface area contributed by atoms with Gasteiger partial charge in [0.2, 0.25) is 0 Å². The summed E-state index contributed by atoms with van der Waals surface area (Å²) in [6.45, 7) is 1.91. The van der Waals surface area contributed by atoms with Gasteiger partial charge in [0.1, 0.15) is 11.3 Å². The minimum absolute atomic E-state index is 0.131. The average molecular weight is 316 g/mol. The van der Waals surface area contributed by atoms with Crippen LogP contribution in [-0.2, 0) is 0 Å². The maximum atomic E-state index is 12.5. The van der Waals surface area contributed by atoms with Crippen LogP contribution in [0.15, 0.2) is 71.3 Å². The standard InChI is InChI=1S/C20H16N2O2/c1-13(19-12-15-5-2-3-7-18(15)24-19)22-20(23)16-8-9-17-14(11-16)6-4-10-21-17/h2-13H,1H3,(H,22,23)/t13-/m1/s1. The second-order valence-corrected chi connectivity index (χ2v) is 5.79. The van der Waals surface area contributed by atoms with E-state index < -0.39 is 0 Å². The number of furan rings is 1. The van der Waals surface area contributed by atoms with Gasteiger partial charge < -0.3 is 9.73 Å². The van der Waals surface area contributed by atoms with E-state index in [0.717, 1.165) is 27.6 Å². The third-order valence-corrected chi connectivity index (χ3v) is 4.08. The number of para-hydroxylation sites is 1. The van der Waals surface area contributed by atoms with Gasteiger partial charge in [0.25, 0.3) is 5.91 Å². The van der Waals surface area contributed by atoms with E-state index in [1.165, 1.54) is 0 Å². The molecule has 0 unspecified atom stereocenters. The third kappa shape index (κ3) is 2.63. The molecular weight excluding hydrogens is 300 g/mol. The first-order valence-electron chi connectivity index (χ1n) is 7.85. The average Bonchev–Trinajstić information content (AvgIpc) is 3.05. The van der Waals surface area contributed by atoms with Crippen LogP contribution in [0.2, 0.25) is 0 Å². The minimum atomic E-state index is -0.213. The van der Waals surface area contributed by atoms with Crippen LogP contribution >= 0.6 is 0 Å². The van der Waals surface area contributed by atoms with E-state index in [0.29, 0.717) is 5.56 Å². The topological polar surface area (TPSA) is 55.1 Å². The molecule has 0 bridgehead atoms. The molecule has 0 spiro atoms.